The number of thiazole rings is 1. The largest absolute Gasteiger partial charge is 0.387 e. The number of amides is 1. The molecule has 4 aromatic rings. The van der Waals surface area contributed by atoms with Gasteiger partial charge >= 0.3 is 0 Å². The number of nitrogens with zero attached hydrogens (tertiary/aromatic N) is 4. The molecule has 1 fully saturated rings. The number of aromatic nitrogens is 2. The Morgan fingerprint density at radius 3 is 2.57 bits per heavy atom. The highest BCUT2D eigenvalue weighted by atomic mass is 32.1. The summed E-state index contributed by atoms with van der Waals surface area (Å²) in [6.07, 6.45) is 2.34. The lowest BCUT2D eigenvalue weighted by Gasteiger charge is -2.31. The van der Waals surface area contributed by atoms with E-state index in [1.54, 1.807) is 16.7 Å². The third-order valence-electron chi connectivity index (χ3n) is 7.05. The Hall–Kier alpha value is -3.66. The molecular weight excluding hydrogens is 501 g/mol. The highest BCUT2D eigenvalue weighted by molar-refractivity contribution is 7.10. The average molecular weight is 525 g/mol. The number of carbonyl (C=O) groups excluding carboxylic acids is 1. The van der Waals surface area contributed by atoms with Crippen LogP contribution in [0.5, 0.6) is 0 Å². The van der Waals surface area contributed by atoms with Crippen molar-refractivity contribution in [3.8, 4) is 0 Å². The summed E-state index contributed by atoms with van der Waals surface area (Å²) >= 11 is 1.52. The standard InChI is InChI=1S/C27H23F3N4O2S/c28-18-5-3-6-19(29)26(18)24-12-21(32-36-24)22-15-37-27(31-22)16-8-10-33(11-9-16)25(35)14-34-13-20(30)17-4-1-2-7-23(17)34/h1-7,13,15-16,24H,8-12,14H2. The minimum absolute atomic E-state index is 0.0390. The second kappa shape index (κ2) is 9.66. The molecule has 37 heavy (non-hydrogen) atoms. The summed E-state index contributed by atoms with van der Waals surface area (Å²) in [4.78, 5) is 24.8. The van der Waals surface area contributed by atoms with Gasteiger partial charge in [0.1, 0.15) is 29.7 Å². The van der Waals surface area contributed by atoms with Crippen molar-refractivity contribution in [3.05, 3.63) is 87.8 Å². The van der Waals surface area contributed by atoms with Gasteiger partial charge in [-0.15, -0.1) is 11.3 Å². The van der Waals surface area contributed by atoms with E-state index in [0.717, 1.165) is 17.8 Å². The van der Waals surface area contributed by atoms with E-state index in [0.29, 0.717) is 35.4 Å². The highest BCUT2D eigenvalue weighted by Crippen LogP contribution is 2.35. The number of rotatable bonds is 5. The molecule has 0 saturated carbocycles. The molecule has 6 rings (SSSR count). The molecule has 2 aromatic heterocycles. The first-order chi connectivity index (χ1) is 18.0. The van der Waals surface area contributed by atoms with Crippen LogP contribution in [0.4, 0.5) is 13.2 Å². The SMILES string of the molecule is O=C(Cn1cc(F)c2ccccc21)N1CCC(c2nc(C3=NOC(c4c(F)cccc4F)C3)cs2)CC1. The van der Waals surface area contributed by atoms with Crippen molar-refractivity contribution in [3.63, 3.8) is 0 Å². The molecule has 0 aliphatic carbocycles. The van der Waals surface area contributed by atoms with Crippen molar-refractivity contribution in [1.29, 1.82) is 0 Å². The molecule has 1 atom stereocenters. The Labute approximate surface area is 215 Å². The number of oxime groups is 1. The lowest BCUT2D eigenvalue weighted by Crippen LogP contribution is -2.39. The number of hydrogen-bond acceptors (Lipinski definition) is 5. The van der Waals surface area contributed by atoms with Gasteiger partial charge in [0, 0.05) is 42.4 Å². The molecule has 4 heterocycles. The van der Waals surface area contributed by atoms with E-state index >= 15 is 0 Å². The first-order valence-corrected chi connectivity index (χ1v) is 13.0. The van der Waals surface area contributed by atoms with Crippen LogP contribution >= 0.6 is 11.3 Å². The van der Waals surface area contributed by atoms with Crippen LogP contribution in [-0.2, 0) is 16.2 Å². The molecule has 1 amide bonds. The fraction of sp³-hybridized carbons (Fsp3) is 0.296. The fourth-order valence-corrected chi connectivity index (χ4v) is 6.06. The predicted molar refractivity (Wildman–Crippen MR) is 134 cm³/mol. The number of para-hydroxylation sites is 1. The van der Waals surface area contributed by atoms with E-state index in [2.05, 4.69) is 5.16 Å². The van der Waals surface area contributed by atoms with Gasteiger partial charge in [0.2, 0.25) is 5.91 Å². The number of halogens is 3. The van der Waals surface area contributed by atoms with Crippen LogP contribution in [0, 0.1) is 17.5 Å². The molecule has 0 bridgehead atoms. The van der Waals surface area contributed by atoms with Crippen molar-refractivity contribution >= 4 is 33.9 Å². The zero-order valence-electron chi connectivity index (χ0n) is 19.7. The first kappa shape index (κ1) is 23.7. The highest BCUT2D eigenvalue weighted by Gasteiger charge is 2.31. The Kier molecular flexibility index (Phi) is 6.19. The van der Waals surface area contributed by atoms with Crippen molar-refractivity contribution in [2.24, 2.45) is 5.16 Å². The van der Waals surface area contributed by atoms with E-state index in [1.807, 2.05) is 22.4 Å². The molecule has 10 heteroatoms. The predicted octanol–water partition coefficient (Wildman–Crippen LogP) is 5.79. The van der Waals surface area contributed by atoms with Crippen molar-refractivity contribution < 1.29 is 22.8 Å². The van der Waals surface area contributed by atoms with Crippen LogP contribution in [0.3, 0.4) is 0 Å². The Bertz CT molecular complexity index is 1490. The maximum atomic E-state index is 14.2. The van der Waals surface area contributed by atoms with Crippen LogP contribution in [0.1, 0.15) is 47.5 Å². The summed E-state index contributed by atoms with van der Waals surface area (Å²) in [5.41, 5.74) is 1.80. The zero-order valence-corrected chi connectivity index (χ0v) is 20.6. The molecule has 1 unspecified atom stereocenters. The summed E-state index contributed by atoms with van der Waals surface area (Å²) in [6.45, 7) is 1.29. The van der Waals surface area contributed by atoms with E-state index in [9.17, 15) is 18.0 Å². The topological polar surface area (TPSA) is 59.7 Å². The molecule has 6 nitrogen and oxygen atoms in total. The first-order valence-electron chi connectivity index (χ1n) is 12.1. The van der Waals surface area contributed by atoms with Gasteiger partial charge in [-0.05, 0) is 37.1 Å². The van der Waals surface area contributed by atoms with Crippen molar-refractivity contribution in [2.45, 2.75) is 37.8 Å². The van der Waals surface area contributed by atoms with Crippen LogP contribution in [0.25, 0.3) is 10.9 Å². The number of hydrogen-bond donors (Lipinski definition) is 0. The van der Waals surface area contributed by atoms with Gasteiger partial charge in [-0.2, -0.15) is 0 Å². The van der Waals surface area contributed by atoms with Gasteiger partial charge in [-0.25, -0.2) is 18.2 Å². The minimum atomic E-state index is -0.818. The Morgan fingerprint density at radius 1 is 1.03 bits per heavy atom. The molecule has 190 valence electrons. The third-order valence-corrected chi connectivity index (χ3v) is 8.06. The fourth-order valence-electron chi connectivity index (χ4n) is 5.06. The van der Waals surface area contributed by atoms with Gasteiger partial charge in [-0.1, -0.05) is 23.4 Å². The Balaban J connectivity index is 1.06. The summed E-state index contributed by atoms with van der Waals surface area (Å²) < 4.78 is 44.1. The summed E-state index contributed by atoms with van der Waals surface area (Å²) in [5.74, 6) is -1.48. The summed E-state index contributed by atoms with van der Waals surface area (Å²) in [5, 5.41) is 7.40. The van der Waals surface area contributed by atoms with E-state index in [-0.39, 0.29) is 36.2 Å². The van der Waals surface area contributed by atoms with E-state index < -0.39 is 17.7 Å². The number of fused-ring (bicyclic) bond motifs is 1. The maximum Gasteiger partial charge on any atom is 0.242 e. The number of benzene rings is 2. The quantitative estimate of drug-likeness (QED) is 0.332. The lowest BCUT2D eigenvalue weighted by atomic mass is 9.97. The number of carbonyl (C=O) groups is 1. The molecule has 2 aromatic carbocycles. The third kappa shape index (κ3) is 4.50. The molecule has 0 N–H and O–H groups in total. The molecule has 0 spiro atoms. The smallest absolute Gasteiger partial charge is 0.242 e. The van der Waals surface area contributed by atoms with Gasteiger partial charge in [0.15, 0.2) is 6.10 Å². The van der Waals surface area contributed by atoms with Gasteiger partial charge < -0.3 is 14.3 Å². The molecular formula is C27H23F3N4O2S. The van der Waals surface area contributed by atoms with Crippen molar-refractivity contribution in [2.75, 3.05) is 13.1 Å². The second-order valence-electron chi connectivity index (χ2n) is 9.32. The van der Waals surface area contributed by atoms with Crippen LogP contribution in [-0.4, -0.2) is 39.2 Å². The van der Waals surface area contributed by atoms with Crippen LogP contribution in [0.2, 0.25) is 0 Å². The minimum Gasteiger partial charge on any atom is -0.387 e. The molecule has 2 aliphatic heterocycles. The second-order valence-corrected chi connectivity index (χ2v) is 10.2. The van der Waals surface area contributed by atoms with E-state index in [1.165, 1.54) is 35.7 Å². The van der Waals surface area contributed by atoms with E-state index in [4.69, 9.17) is 9.82 Å². The Morgan fingerprint density at radius 2 is 1.78 bits per heavy atom. The average Bonchev–Trinajstić information content (AvgIpc) is 3.64. The normalized spacial score (nSPS) is 18.3. The molecule has 1 saturated heterocycles. The summed E-state index contributed by atoms with van der Waals surface area (Å²) in [7, 11) is 0. The molecule has 2 aliphatic rings. The van der Waals surface area contributed by atoms with Gasteiger partial charge in [0.25, 0.3) is 0 Å². The van der Waals surface area contributed by atoms with Crippen LogP contribution in [0.15, 0.2) is 59.2 Å². The van der Waals surface area contributed by atoms with Crippen LogP contribution < -0.4 is 0 Å². The van der Waals surface area contributed by atoms with Gasteiger partial charge in [-0.3, -0.25) is 4.79 Å². The zero-order chi connectivity index (χ0) is 25.5. The molecule has 0 radical (unpaired) electrons. The maximum absolute atomic E-state index is 14.2. The lowest BCUT2D eigenvalue weighted by molar-refractivity contribution is -0.132. The number of likely N-dealkylation sites (tertiary alicyclic amines) is 1. The summed E-state index contributed by atoms with van der Waals surface area (Å²) in [6, 6.07) is 10.9. The number of piperidine rings is 1. The van der Waals surface area contributed by atoms with Gasteiger partial charge in [0.05, 0.1) is 21.8 Å². The van der Waals surface area contributed by atoms with Crippen molar-refractivity contribution in [1.82, 2.24) is 14.5 Å². The monoisotopic (exact) mass is 524 g/mol.